The number of carbonyl (C=O) groups excluding carboxylic acids is 1. The van der Waals surface area contributed by atoms with E-state index in [1.54, 1.807) is 0 Å². The van der Waals surface area contributed by atoms with Gasteiger partial charge in [-0.3, -0.25) is 4.79 Å². The molecule has 104 valence electrons. The Kier molecular flexibility index (Phi) is 4.00. The SMILES string of the molecule is CC(C)N(CC1CC1)C(=O)C1(C(C)C)CCNC1. The molecular weight excluding hydrogens is 224 g/mol. The lowest BCUT2D eigenvalue weighted by Gasteiger charge is -2.39. The second-order valence-corrected chi connectivity index (χ2v) is 6.73. The largest absolute Gasteiger partial charge is 0.339 e. The maximum atomic E-state index is 13.0. The summed E-state index contributed by atoms with van der Waals surface area (Å²) in [6, 6.07) is 0.328. The molecule has 1 atom stereocenters. The molecule has 1 amide bonds. The highest BCUT2D eigenvalue weighted by Crippen LogP contribution is 2.38. The van der Waals surface area contributed by atoms with Gasteiger partial charge in [0.1, 0.15) is 0 Å². The first-order chi connectivity index (χ1) is 8.47. The Morgan fingerprint density at radius 1 is 1.33 bits per heavy atom. The maximum absolute atomic E-state index is 13.0. The molecule has 1 unspecified atom stereocenters. The minimum Gasteiger partial charge on any atom is -0.339 e. The third-order valence-electron chi connectivity index (χ3n) is 4.76. The van der Waals surface area contributed by atoms with Crippen molar-refractivity contribution in [3.8, 4) is 0 Å². The molecule has 0 aromatic heterocycles. The Morgan fingerprint density at radius 2 is 2.00 bits per heavy atom. The van der Waals surface area contributed by atoms with Crippen LogP contribution in [-0.2, 0) is 4.79 Å². The van der Waals surface area contributed by atoms with Gasteiger partial charge in [-0.25, -0.2) is 0 Å². The predicted molar refractivity (Wildman–Crippen MR) is 74.3 cm³/mol. The Morgan fingerprint density at radius 3 is 2.39 bits per heavy atom. The summed E-state index contributed by atoms with van der Waals surface area (Å²) in [5, 5.41) is 3.39. The lowest BCUT2D eigenvalue weighted by atomic mass is 9.75. The summed E-state index contributed by atoms with van der Waals surface area (Å²) in [6.45, 7) is 11.5. The highest BCUT2D eigenvalue weighted by Gasteiger charge is 2.47. The van der Waals surface area contributed by atoms with E-state index in [1.165, 1.54) is 12.8 Å². The molecule has 1 saturated carbocycles. The number of carbonyl (C=O) groups is 1. The predicted octanol–water partition coefficient (Wildman–Crippen LogP) is 2.27. The Labute approximate surface area is 111 Å². The molecule has 0 spiro atoms. The van der Waals surface area contributed by atoms with Crippen molar-refractivity contribution in [3.63, 3.8) is 0 Å². The topological polar surface area (TPSA) is 32.3 Å². The van der Waals surface area contributed by atoms with Gasteiger partial charge in [0.25, 0.3) is 0 Å². The van der Waals surface area contributed by atoms with E-state index in [2.05, 4.69) is 37.9 Å². The second kappa shape index (κ2) is 5.20. The van der Waals surface area contributed by atoms with Crippen LogP contribution in [0.15, 0.2) is 0 Å². The van der Waals surface area contributed by atoms with Crippen molar-refractivity contribution < 1.29 is 4.79 Å². The fraction of sp³-hybridized carbons (Fsp3) is 0.933. The van der Waals surface area contributed by atoms with E-state index in [4.69, 9.17) is 0 Å². The molecule has 1 heterocycles. The molecule has 3 heteroatoms. The summed E-state index contributed by atoms with van der Waals surface area (Å²) in [6.07, 6.45) is 3.62. The third-order valence-corrected chi connectivity index (χ3v) is 4.76. The summed E-state index contributed by atoms with van der Waals surface area (Å²) in [5.41, 5.74) is -0.154. The molecule has 0 bridgehead atoms. The van der Waals surface area contributed by atoms with E-state index >= 15 is 0 Å². The number of hydrogen-bond donors (Lipinski definition) is 1. The van der Waals surface area contributed by atoms with Crippen LogP contribution < -0.4 is 5.32 Å². The quantitative estimate of drug-likeness (QED) is 0.814. The number of hydrogen-bond acceptors (Lipinski definition) is 2. The smallest absolute Gasteiger partial charge is 0.230 e. The van der Waals surface area contributed by atoms with Crippen molar-refractivity contribution in [2.75, 3.05) is 19.6 Å². The first-order valence-corrected chi connectivity index (χ1v) is 7.49. The summed E-state index contributed by atoms with van der Waals surface area (Å²) < 4.78 is 0. The van der Waals surface area contributed by atoms with E-state index in [9.17, 15) is 4.79 Å². The zero-order chi connectivity index (χ0) is 13.3. The minimum atomic E-state index is -0.154. The zero-order valence-corrected chi connectivity index (χ0v) is 12.3. The van der Waals surface area contributed by atoms with E-state index < -0.39 is 0 Å². The second-order valence-electron chi connectivity index (χ2n) is 6.73. The molecule has 1 N–H and O–H groups in total. The maximum Gasteiger partial charge on any atom is 0.230 e. The van der Waals surface area contributed by atoms with Crippen molar-refractivity contribution in [2.45, 2.75) is 53.0 Å². The highest BCUT2D eigenvalue weighted by molar-refractivity contribution is 5.84. The van der Waals surface area contributed by atoms with Gasteiger partial charge in [-0.2, -0.15) is 0 Å². The highest BCUT2D eigenvalue weighted by atomic mass is 16.2. The molecule has 2 fully saturated rings. The monoisotopic (exact) mass is 252 g/mol. The molecule has 3 nitrogen and oxygen atoms in total. The number of amides is 1. The summed E-state index contributed by atoms with van der Waals surface area (Å²) in [4.78, 5) is 15.1. The number of rotatable bonds is 5. The van der Waals surface area contributed by atoms with E-state index in [0.717, 1.165) is 32.0 Å². The Hall–Kier alpha value is -0.570. The van der Waals surface area contributed by atoms with Crippen LogP contribution in [0.2, 0.25) is 0 Å². The minimum absolute atomic E-state index is 0.154. The van der Waals surface area contributed by atoms with Gasteiger partial charge in [0.15, 0.2) is 0 Å². The molecule has 2 rings (SSSR count). The van der Waals surface area contributed by atoms with Gasteiger partial charge in [-0.05, 0) is 51.5 Å². The van der Waals surface area contributed by atoms with Gasteiger partial charge < -0.3 is 10.2 Å². The average Bonchev–Trinajstić information content (AvgIpc) is 2.98. The van der Waals surface area contributed by atoms with Crippen LogP contribution in [0.4, 0.5) is 0 Å². The average molecular weight is 252 g/mol. The van der Waals surface area contributed by atoms with Gasteiger partial charge in [0.2, 0.25) is 5.91 Å². The van der Waals surface area contributed by atoms with Crippen LogP contribution in [0.5, 0.6) is 0 Å². The van der Waals surface area contributed by atoms with Gasteiger partial charge in [0.05, 0.1) is 5.41 Å². The Bertz CT molecular complexity index is 302. The standard InChI is InChI=1S/C15H28N2O/c1-11(2)15(7-8-16-10-15)14(18)17(12(3)4)9-13-5-6-13/h11-13,16H,5-10H2,1-4H3. The molecule has 0 radical (unpaired) electrons. The normalized spacial score (nSPS) is 28.1. The molecule has 2 aliphatic rings. The van der Waals surface area contributed by atoms with Gasteiger partial charge in [-0.1, -0.05) is 13.8 Å². The van der Waals surface area contributed by atoms with Crippen molar-refractivity contribution in [2.24, 2.45) is 17.3 Å². The van der Waals surface area contributed by atoms with Gasteiger partial charge in [0, 0.05) is 19.1 Å². The van der Waals surface area contributed by atoms with Crippen molar-refractivity contribution in [1.29, 1.82) is 0 Å². The Balaban J connectivity index is 2.14. The van der Waals surface area contributed by atoms with Crippen LogP contribution in [-0.4, -0.2) is 36.5 Å². The molecule has 1 aliphatic carbocycles. The summed E-state index contributed by atoms with van der Waals surface area (Å²) in [7, 11) is 0. The van der Waals surface area contributed by atoms with Crippen molar-refractivity contribution in [3.05, 3.63) is 0 Å². The van der Waals surface area contributed by atoms with E-state index in [0.29, 0.717) is 17.9 Å². The lowest BCUT2D eigenvalue weighted by Crippen LogP contribution is -2.51. The van der Waals surface area contributed by atoms with Crippen molar-refractivity contribution in [1.82, 2.24) is 10.2 Å². The lowest BCUT2D eigenvalue weighted by molar-refractivity contribution is -0.145. The first-order valence-electron chi connectivity index (χ1n) is 7.49. The summed E-state index contributed by atoms with van der Waals surface area (Å²) in [5.74, 6) is 1.58. The first kappa shape index (κ1) is 13.9. The van der Waals surface area contributed by atoms with E-state index in [-0.39, 0.29) is 5.41 Å². The molecule has 0 aromatic carbocycles. The molecule has 0 aromatic rings. The van der Waals surface area contributed by atoms with Crippen LogP contribution in [0.3, 0.4) is 0 Å². The van der Waals surface area contributed by atoms with Gasteiger partial charge >= 0.3 is 0 Å². The molecule has 1 saturated heterocycles. The fourth-order valence-corrected chi connectivity index (χ4v) is 3.03. The molecule has 18 heavy (non-hydrogen) atoms. The van der Waals surface area contributed by atoms with E-state index in [1.807, 2.05) is 0 Å². The van der Waals surface area contributed by atoms with Crippen LogP contribution in [0.1, 0.15) is 47.0 Å². The molecule has 1 aliphatic heterocycles. The van der Waals surface area contributed by atoms with Crippen LogP contribution >= 0.6 is 0 Å². The fourth-order valence-electron chi connectivity index (χ4n) is 3.03. The van der Waals surface area contributed by atoms with Gasteiger partial charge in [-0.15, -0.1) is 0 Å². The van der Waals surface area contributed by atoms with Crippen LogP contribution in [0, 0.1) is 17.3 Å². The number of nitrogens with zero attached hydrogens (tertiary/aromatic N) is 1. The summed E-state index contributed by atoms with van der Waals surface area (Å²) >= 11 is 0. The van der Waals surface area contributed by atoms with Crippen molar-refractivity contribution >= 4 is 5.91 Å². The number of nitrogens with one attached hydrogen (secondary N) is 1. The molecular formula is C15H28N2O. The zero-order valence-electron chi connectivity index (χ0n) is 12.3. The van der Waals surface area contributed by atoms with Crippen LogP contribution in [0.25, 0.3) is 0 Å². The third kappa shape index (κ3) is 2.56.